The normalized spacial score (nSPS) is 29.7. The lowest BCUT2D eigenvalue weighted by molar-refractivity contribution is -0.125. The number of esters is 1. The number of carbonyl (C=O) groups is 4. The SMILES string of the molecule is C[C@H](NC(=O)COC(=O)c1ccc(N2C(=O)[C@@H]3[C@H]4C[C@@H]([C@@H](Cl)[C@H]4Cl)[C@H]3C2=O)cc1)c1ccccc1. The van der Waals surface area contributed by atoms with Crippen LogP contribution in [0.15, 0.2) is 54.6 Å². The number of rotatable bonds is 6. The molecule has 2 bridgehead atoms. The molecular formula is C26H24Cl2N2O5. The highest BCUT2D eigenvalue weighted by molar-refractivity contribution is 6.32. The summed E-state index contributed by atoms with van der Waals surface area (Å²) in [6.07, 6.45) is 0.700. The number of fused-ring (bicyclic) bond motifs is 5. The van der Waals surface area contributed by atoms with E-state index in [0.717, 1.165) is 5.56 Å². The highest BCUT2D eigenvalue weighted by atomic mass is 35.5. The Kier molecular flexibility index (Phi) is 6.32. The molecule has 3 amide bonds. The zero-order chi connectivity index (χ0) is 24.9. The molecule has 5 rings (SSSR count). The van der Waals surface area contributed by atoms with Gasteiger partial charge in [-0.3, -0.25) is 19.3 Å². The van der Waals surface area contributed by atoms with Gasteiger partial charge in [0, 0.05) is 0 Å². The van der Waals surface area contributed by atoms with Crippen LogP contribution in [0.25, 0.3) is 0 Å². The van der Waals surface area contributed by atoms with Crippen molar-refractivity contribution in [2.24, 2.45) is 23.7 Å². The van der Waals surface area contributed by atoms with E-state index in [2.05, 4.69) is 5.32 Å². The van der Waals surface area contributed by atoms with Crippen LogP contribution in [0.1, 0.15) is 35.3 Å². The minimum absolute atomic E-state index is 0.0966. The number of carbonyl (C=O) groups excluding carboxylic acids is 4. The van der Waals surface area contributed by atoms with Gasteiger partial charge in [0.2, 0.25) is 11.8 Å². The molecule has 182 valence electrons. The van der Waals surface area contributed by atoms with Crippen molar-refractivity contribution in [3.05, 3.63) is 65.7 Å². The Hall–Kier alpha value is -2.90. The van der Waals surface area contributed by atoms with E-state index in [0.29, 0.717) is 12.1 Å². The van der Waals surface area contributed by atoms with Crippen molar-refractivity contribution >= 4 is 52.6 Å². The first-order valence-electron chi connectivity index (χ1n) is 11.6. The summed E-state index contributed by atoms with van der Waals surface area (Å²) in [6, 6.07) is 15.2. The van der Waals surface area contributed by atoms with Crippen molar-refractivity contribution in [3.63, 3.8) is 0 Å². The molecule has 2 saturated carbocycles. The number of halogens is 2. The van der Waals surface area contributed by atoms with Crippen LogP contribution < -0.4 is 10.2 Å². The number of imide groups is 1. The maximum absolute atomic E-state index is 13.1. The molecule has 3 aliphatic rings. The van der Waals surface area contributed by atoms with Gasteiger partial charge in [-0.25, -0.2) is 4.79 Å². The number of nitrogens with zero attached hydrogens (tertiary/aromatic N) is 1. The molecule has 3 fully saturated rings. The van der Waals surface area contributed by atoms with Crippen LogP contribution in [-0.2, 0) is 19.1 Å². The molecule has 7 nitrogen and oxygen atoms in total. The second kappa shape index (κ2) is 9.28. The first-order chi connectivity index (χ1) is 16.8. The van der Waals surface area contributed by atoms with Crippen molar-refractivity contribution in [1.29, 1.82) is 0 Å². The van der Waals surface area contributed by atoms with Crippen LogP contribution >= 0.6 is 23.2 Å². The highest BCUT2D eigenvalue weighted by Gasteiger charge is 2.66. The van der Waals surface area contributed by atoms with Crippen molar-refractivity contribution in [2.45, 2.75) is 30.1 Å². The molecule has 35 heavy (non-hydrogen) atoms. The van der Waals surface area contributed by atoms with E-state index >= 15 is 0 Å². The van der Waals surface area contributed by atoms with Gasteiger partial charge in [-0.15, -0.1) is 23.2 Å². The molecule has 9 heteroatoms. The summed E-state index contributed by atoms with van der Waals surface area (Å²) in [4.78, 5) is 52.0. The van der Waals surface area contributed by atoms with Gasteiger partial charge in [-0.2, -0.15) is 0 Å². The zero-order valence-electron chi connectivity index (χ0n) is 18.9. The van der Waals surface area contributed by atoms with Crippen LogP contribution in [-0.4, -0.2) is 41.1 Å². The molecule has 2 aliphatic carbocycles. The van der Waals surface area contributed by atoms with Crippen LogP contribution in [0.5, 0.6) is 0 Å². The predicted octanol–water partition coefficient (Wildman–Crippen LogP) is 3.69. The van der Waals surface area contributed by atoms with Crippen molar-refractivity contribution in [3.8, 4) is 0 Å². The Morgan fingerprint density at radius 1 is 0.971 bits per heavy atom. The number of anilines is 1. The highest BCUT2D eigenvalue weighted by Crippen LogP contribution is 2.59. The standard InChI is InChI=1S/C26H24Cl2N2O5/c1-13(14-5-3-2-4-6-14)29-19(31)12-35-26(34)15-7-9-16(10-8-15)30-24(32)20-17-11-18(21(20)25(30)33)23(28)22(17)27/h2-10,13,17-18,20-23H,11-12H2,1H3,(H,29,31)/t13-,17+,18+,20+,21+,22-,23+/m0/s1. The monoisotopic (exact) mass is 514 g/mol. The van der Waals surface area contributed by atoms with Gasteiger partial charge in [0.25, 0.3) is 5.91 Å². The van der Waals surface area contributed by atoms with E-state index in [-0.39, 0.29) is 46.0 Å². The van der Waals surface area contributed by atoms with Crippen LogP contribution in [0, 0.1) is 23.7 Å². The zero-order valence-corrected chi connectivity index (χ0v) is 20.4. The third-order valence-corrected chi connectivity index (χ3v) is 8.68. The second-order valence-electron chi connectivity index (χ2n) is 9.34. The lowest BCUT2D eigenvalue weighted by Gasteiger charge is -2.28. The van der Waals surface area contributed by atoms with Crippen LogP contribution in [0.2, 0.25) is 0 Å². The summed E-state index contributed by atoms with van der Waals surface area (Å²) in [5.41, 5.74) is 1.53. The van der Waals surface area contributed by atoms with Gasteiger partial charge in [0.1, 0.15) is 0 Å². The molecule has 2 aromatic carbocycles. The lowest BCUT2D eigenvalue weighted by Crippen LogP contribution is -2.37. The third kappa shape index (κ3) is 4.10. The fourth-order valence-corrected chi connectivity index (χ4v) is 6.57. The maximum atomic E-state index is 13.1. The van der Waals surface area contributed by atoms with Gasteiger partial charge in [-0.05, 0) is 55.0 Å². The quantitative estimate of drug-likeness (QED) is 0.360. The molecule has 0 unspecified atom stereocenters. The van der Waals surface area contributed by atoms with E-state index in [1.54, 1.807) is 0 Å². The maximum Gasteiger partial charge on any atom is 0.338 e. The summed E-state index contributed by atoms with van der Waals surface area (Å²) >= 11 is 12.8. The molecular weight excluding hydrogens is 491 g/mol. The van der Waals surface area contributed by atoms with Gasteiger partial charge >= 0.3 is 5.97 Å². The number of alkyl halides is 2. The third-order valence-electron chi connectivity index (χ3n) is 7.36. The Labute approximate surface area is 212 Å². The summed E-state index contributed by atoms with van der Waals surface area (Å²) in [5.74, 6) is -2.69. The van der Waals surface area contributed by atoms with E-state index in [4.69, 9.17) is 27.9 Å². The molecule has 1 N–H and O–H groups in total. The Bertz CT molecular complexity index is 1140. The van der Waals surface area contributed by atoms with E-state index in [1.165, 1.54) is 29.2 Å². The van der Waals surface area contributed by atoms with E-state index in [9.17, 15) is 19.2 Å². The molecule has 1 saturated heterocycles. The summed E-state index contributed by atoms with van der Waals surface area (Å²) in [5, 5.41) is 2.15. The Morgan fingerprint density at radius 2 is 1.54 bits per heavy atom. The minimum Gasteiger partial charge on any atom is -0.452 e. The molecule has 0 spiro atoms. The minimum atomic E-state index is -0.678. The number of ether oxygens (including phenoxy) is 1. The second-order valence-corrected chi connectivity index (χ2v) is 10.3. The largest absolute Gasteiger partial charge is 0.452 e. The van der Waals surface area contributed by atoms with Gasteiger partial charge in [-0.1, -0.05) is 30.3 Å². The van der Waals surface area contributed by atoms with Crippen LogP contribution in [0.3, 0.4) is 0 Å². The van der Waals surface area contributed by atoms with Gasteiger partial charge < -0.3 is 10.1 Å². The molecule has 1 aliphatic heterocycles. The first kappa shape index (κ1) is 23.8. The van der Waals surface area contributed by atoms with Crippen molar-refractivity contribution in [1.82, 2.24) is 5.32 Å². The molecule has 1 heterocycles. The van der Waals surface area contributed by atoms with Gasteiger partial charge in [0.05, 0.1) is 39.9 Å². The summed E-state index contributed by atoms with van der Waals surface area (Å²) in [6.45, 7) is 1.42. The molecule has 2 aromatic rings. The fourth-order valence-electron chi connectivity index (χ4n) is 5.67. The van der Waals surface area contributed by atoms with Crippen LogP contribution in [0.4, 0.5) is 5.69 Å². The van der Waals surface area contributed by atoms with Crippen molar-refractivity contribution < 1.29 is 23.9 Å². The lowest BCUT2D eigenvalue weighted by atomic mass is 9.80. The first-order valence-corrected chi connectivity index (χ1v) is 12.4. The predicted molar refractivity (Wildman–Crippen MR) is 130 cm³/mol. The molecule has 0 aromatic heterocycles. The smallest absolute Gasteiger partial charge is 0.338 e. The van der Waals surface area contributed by atoms with Gasteiger partial charge in [0.15, 0.2) is 6.61 Å². The number of amides is 3. The summed E-state index contributed by atoms with van der Waals surface area (Å²) < 4.78 is 5.13. The number of hydrogen-bond donors (Lipinski definition) is 1. The number of hydrogen-bond acceptors (Lipinski definition) is 5. The molecule has 0 radical (unpaired) electrons. The Morgan fingerprint density at radius 3 is 2.11 bits per heavy atom. The molecule has 7 atom stereocenters. The average Bonchev–Trinajstić information content (AvgIpc) is 3.48. The number of benzene rings is 2. The van der Waals surface area contributed by atoms with Crippen molar-refractivity contribution in [2.75, 3.05) is 11.5 Å². The Balaban J connectivity index is 1.19. The fraction of sp³-hybridized carbons (Fsp3) is 0.385. The van der Waals surface area contributed by atoms with E-state index in [1.807, 2.05) is 37.3 Å². The number of nitrogens with one attached hydrogen (secondary N) is 1. The summed E-state index contributed by atoms with van der Waals surface area (Å²) in [7, 11) is 0. The topological polar surface area (TPSA) is 92.8 Å². The van der Waals surface area contributed by atoms with E-state index < -0.39 is 30.3 Å². The average molecular weight is 515 g/mol.